The maximum absolute atomic E-state index is 11.3. The molecule has 0 fully saturated rings. The van der Waals surface area contributed by atoms with E-state index in [1.54, 1.807) is 13.0 Å². The van der Waals surface area contributed by atoms with Crippen molar-refractivity contribution < 1.29 is 13.2 Å². The van der Waals surface area contributed by atoms with Crippen molar-refractivity contribution in [2.75, 3.05) is 13.4 Å². The fourth-order valence-corrected chi connectivity index (χ4v) is 1.72. The quantitative estimate of drug-likeness (QED) is 0.727. The average Bonchev–Trinajstić information content (AvgIpc) is 2.59. The minimum absolute atomic E-state index is 0.206. The molecular formula is C8H10N4O3S. The topological polar surface area (TPSA) is 86.5 Å². The van der Waals surface area contributed by atoms with E-state index >= 15 is 0 Å². The van der Waals surface area contributed by atoms with E-state index in [-0.39, 0.29) is 10.9 Å². The summed E-state index contributed by atoms with van der Waals surface area (Å²) in [6.07, 6.45) is 1.04. The number of methoxy groups -OCH3 is 1. The lowest BCUT2D eigenvalue weighted by Gasteiger charge is -2.01. The molecule has 8 heteroatoms. The van der Waals surface area contributed by atoms with Gasteiger partial charge < -0.3 is 4.74 Å². The Bertz CT molecular complexity index is 647. The molecule has 0 aliphatic carbocycles. The summed E-state index contributed by atoms with van der Waals surface area (Å²) in [5.41, 5.74) is 0.678. The van der Waals surface area contributed by atoms with Crippen LogP contribution in [0.5, 0.6) is 5.88 Å². The predicted molar refractivity (Wildman–Crippen MR) is 55.2 cm³/mol. The lowest BCUT2D eigenvalue weighted by Crippen LogP contribution is -2.01. The molecule has 0 unspecified atom stereocenters. The third-order valence-electron chi connectivity index (χ3n) is 1.93. The average molecular weight is 242 g/mol. The van der Waals surface area contributed by atoms with E-state index in [4.69, 9.17) is 4.74 Å². The highest BCUT2D eigenvalue weighted by molar-refractivity contribution is 7.90. The molecule has 86 valence electrons. The van der Waals surface area contributed by atoms with Crippen molar-refractivity contribution >= 4 is 15.6 Å². The third-order valence-corrected chi connectivity index (χ3v) is 2.77. The SMILES string of the molecule is COc1cc(C)nc2nc(S(C)(=O)=O)nn12. The highest BCUT2D eigenvalue weighted by Crippen LogP contribution is 2.14. The van der Waals surface area contributed by atoms with Gasteiger partial charge in [-0.05, 0) is 6.92 Å². The molecule has 0 aliphatic rings. The van der Waals surface area contributed by atoms with Crippen LogP contribution in [0.25, 0.3) is 5.78 Å². The van der Waals surface area contributed by atoms with Gasteiger partial charge in [0.1, 0.15) is 0 Å². The first-order valence-corrected chi connectivity index (χ1v) is 6.29. The van der Waals surface area contributed by atoms with E-state index in [0.717, 1.165) is 6.26 Å². The molecule has 0 aromatic carbocycles. The highest BCUT2D eigenvalue weighted by atomic mass is 32.2. The van der Waals surface area contributed by atoms with Crippen LogP contribution >= 0.6 is 0 Å². The zero-order valence-corrected chi connectivity index (χ0v) is 9.82. The van der Waals surface area contributed by atoms with E-state index in [1.807, 2.05) is 0 Å². The molecule has 0 spiro atoms. The molecule has 0 aliphatic heterocycles. The maximum Gasteiger partial charge on any atom is 0.268 e. The van der Waals surface area contributed by atoms with Gasteiger partial charge in [-0.3, -0.25) is 0 Å². The van der Waals surface area contributed by atoms with Gasteiger partial charge in [-0.25, -0.2) is 13.4 Å². The van der Waals surface area contributed by atoms with Crippen LogP contribution in [0.3, 0.4) is 0 Å². The largest absolute Gasteiger partial charge is 0.481 e. The summed E-state index contributed by atoms with van der Waals surface area (Å²) in [4.78, 5) is 7.89. The van der Waals surface area contributed by atoms with Crippen molar-refractivity contribution in [1.82, 2.24) is 19.6 Å². The molecule has 2 rings (SSSR count). The summed E-state index contributed by atoms with van der Waals surface area (Å²) in [5.74, 6) is 0.599. The van der Waals surface area contributed by atoms with Gasteiger partial charge in [0.15, 0.2) is 0 Å². The van der Waals surface area contributed by atoms with Crippen molar-refractivity contribution in [2.45, 2.75) is 12.1 Å². The maximum atomic E-state index is 11.3. The first-order chi connectivity index (χ1) is 7.41. The lowest BCUT2D eigenvalue weighted by molar-refractivity contribution is 0.383. The lowest BCUT2D eigenvalue weighted by atomic mass is 10.4. The summed E-state index contributed by atoms with van der Waals surface area (Å²) in [7, 11) is -1.97. The van der Waals surface area contributed by atoms with Crippen LogP contribution in [0.15, 0.2) is 11.2 Å². The Labute approximate surface area is 92.0 Å². The molecule has 0 saturated heterocycles. The van der Waals surface area contributed by atoms with Crippen molar-refractivity contribution in [3.05, 3.63) is 11.8 Å². The predicted octanol–water partition coefficient (Wildman–Crippen LogP) is -0.155. The molecule has 2 aromatic heterocycles. The monoisotopic (exact) mass is 242 g/mol. The molecule has 0 saturated carbocycles. The number of hydrogen-bond donors (Lipinski definition) is 0. The number of rotatable bonds is 2. The molecule has 7 nitrogen and oxygen atoms in total. The molecule has 0 radical (unpaired) electrons. The Morgan fingerprint density at radius 2 is 2.06 bits per heavy atom. The van der Waals surface area contributed by atoms with Crippen LogP contribution in [-0.4, -0.2) is 41.4 Å². The third kappa shape index (κ3) is 1.71. The van der Waals surface area contributed by atoms with Crippen LogP contribution in [0.2, 0.25) is 0 Å². The number of aromatic nitrogens is 4. The zero-order chi connectivity index (χ0) is 11.9. The number of hydrogen-bond acceptors (Lipinski definition) is 6. The molecule has 0 atom stereocenters. The fraction of sp³-hybridized carbons (Fsp3) is 0.375. The van der Waals surface area contributed by atoms with Gasteiger partial charge in [0.05, 0.1) is 7.11 Å². The van der Waals surface area contributed by atoms with E-state index in [9.17, 15) is 8.42 Å². The molecule has 0 amide bonds. The van der Waals surface area contributed by atoms with Gasteiger partial charge in [0.25, 0.3) is 10.9 Å². The standard InChI is InChI=1S/C8H10N4O3S/c1-5-4-6(15-2)12-7(9-5)10-8(11-12)16(3,13)14/h4H,1-3H3. The summed E-state index contributed by atoms with van der Waals surface area (Å²) in [6, 6.07) is 1.65. The number of fused-ring (bicyclic) bond motifs is 1. The molecule has 16 heavy (non-hydrogen) atoms. The second-order valence-corrected chi connectivity index (χ2v) is 5.23. The van der Waals surface area contributed by atoms with Crippen LogP contribution in [0, 0.1) is 6.92 Å². The van der Waals surface area contributed by atoms with E-state index in [2.05, 4.69) is 15.1 Å². The number of aryl methyl sites for hydroxylation is 1. The van der Waals surface area contributed by atoms with Crippen molar-refractivity contribution in [3.63, 3.8) is 0 Å². The van der Waals surface area contributed by atoms with Crippen LogP contribution in [-0.2, 0) is 9.84 Å². The Kier molecular flexibility index (Phi) is 2.30. The normalized spacial score (nSPS) is 11.9. The van der Waals surface area contributed by atoms with Crippen LogP contribution < -0.4 is 4.74 Å². The van der Waals surface area contributed by atoms with Crippen LogP contribution in [0.1, 0.15) is 5.69 Å². The summed E-state index contributed by atoms with van der Waals surface area (Å²) in [6.45, 7) is 1.76. The van der Waals surface area contributed by atoms with E-state index < -0.39 is 9.84 Å². The summed E-state index contributed by atoms with van der Waals surface area (Å²) < 4.78 is 28.9. The van der Waals surface area contributed by atoms with Gasteiger partial charge in [0.2, 0.25) is 15.7 Å². The van der Waals surface area contributed by atoms with Crippen molar-refractivity contribution in [1.29, 1.82) is 0 Å². The van der Waals surface area contributed by atoms with E-state index in [0.29, 0.717) is 11.6 Å². The van der Waals surface area contributed by atoms with E-state index in [1.165, 1.54) is 11.6 Å². The Hall–Kier alpha value is -1.70. The summed E-state index contributed by atoms with van der Waals surface area (Å²) in [5, 5.41) is 3.57. The second-order valence-electron chi connectivity index (χ2n) is 3.32. The second kappa shape index (κ2) is 3.41. The van der Waals surface area contributed by atoms with Gasteiger partial charge >= 0.3 is 0 Å². The molecule has 0 bridgehead atoms. The number of ether oxygens (including phenoxy) is 1. The van der Waals surface area contributed by atoms with Gasteiger partial charge in [-0.2, -0.15) is 9.50 Å². The van der Waals surface area contributed by atoms with Gasteiger partial charge in [0, 0.05) is 18.0 Å². The Balaban J connectivity index is 2.80. The molecule has 2 heterocycles. The minimum Gasteiger partial charge on any atom is -0.481 e. The van der Waals surface area contributed by atoms with Gasteiger partial charge in [-0.15, -0.1) is 5.10 Å². The highest BCUT2D eigenvalue weighted by Gasteiger charge is 2.17. The Morgan fingerprint density at radius 1 is 1.38 bits per heavy atom. The van der Waals surface area contributed by atoms with Crippen LogP contribution in [0.4, 0.5) is 0 Å². The molecule has 2 aromatic rings. The molecule has 0 N–H and O–H groups in total. The smallest absolute Gasteiger partial charge is 0.268 e. The first-order valence-electron chi connectivity index (χ1n) is 4.40. The van der Waals surface area contributed by atoms with Crippen molar-refractivity contribution in [2.24, 2.45) is 0 Å². The Morgan fingerprint density at radius 3 is 2.62 bits per heavy atom. The van der Waals surface area contributed by atoms with Crippen molar-refractivity contribution in [3.8, 4) is 5.88 Å². The number of sulfone groups is 1. The first kappa shape index (κ1) is 10.8. The number of nitrogens with zero attached hydrogens (tertiary/aromatic N) is 4. The van der Waals surface area contributed by atoms with Gasteiger partial charge in [-0.1, -0.05) is 0 Å². The zero-order valence-electron chi connectivity index (χ0n) is 9.00. The molecular weight excluding hydrogens is 232 g/mol. The minimum atomic E-state index is -3.44. The fourth-order valence-electron chi connectivity index (χ4n) is 1.24. The summed E-state index contributed by atoms with van der Waals surface area (Å²) >= 11 is 0.